The largest absolute Gasteiger partial charge is 0.301 e. The number of aromatic nitrogens is 1. The van der Waals surface area contributed by atoms with E-state index in [-0.39, 0.29) is 23.5 Å². The first-order chi connectivity index (χ1) is 9.77. The molecule has 1 aromatic rings. The van der Waals surface area contributed by atoms with Crippen molar-refractivity contribution in [2.24, 2.45) is 11.3 Å². The molecule has 3 rings (SSSR count). The third-order valence-corrected chi connectivity index (χ3v) is 4.88. The van der Waals surface area contributed by atoms with Gasteiger partial charge < -0.3 is 5.32 Å². The van der Waals surface area contributed by atoms with Crippen LogP contribution in [0.2, 0.25) is 0 Å². The lowest BCUT2D eigenvalue weighted by molar-refractivity contribution is -0.497. The topological polar surface area (TPSA) is 102 Å². The zero-order chi connectivity index (χ0) is 15.4. The molecule has 7 nitrogen and oxygen atoms in total. The number of amides is 1. The van der Waals surface area contributed by atoms with Gasteiger partial charge in [-0.1, -0.05) is 25.2 Å². The Kier molecular flexibility index (Phi) is 3.09. The predicted octanol–water partition coefficient (Wildman–Crippen LogP) is 1.90. The van der Waals surface area contributed by atoms with Crippen LogP contribution in [0.15, 0.2) is 0 Å². The highest BCUT2D eigenvalue weighted by Crippen LogP contribution is 2.39. The number of nitro groups is 1. The Balaban J connectivity index is 1.73. The second-order valence-electron chi connectivity index (χ2n) is 6.42. The van der Waals surface area contributed by atoms with E-state index in [2.05, 4.69) is 10.3 Å². The third-order valence-electron chi connectivity index (χ3n) is 3.83. The van der Waals surface area contributed by atoms with E-state index >= 15 is 0 Å². The number of nitrogens with one attached hydrogen (secondary N) is 1. The number of ketones is 1. The Morgan fingerprint density at radius 3 is 2.81 bits per heavy atom. The molecule has 1 heterocycles. The van der Waals surface area contributed by atoms with Crippen molar-refractivity contribution >= 4 is 28.2 Å². The first-order valence-electron chi connectivity index (χ1n) is 6.74. The molecule has 2 atom stereocenters. The molecular weight excluding hydrogens is 294 g/mol. The highest BCUT2D eigenvalue weighted by atomic mass is 32.1. The fourth-order valence-corrected chi connectivity index (χ4v) is 3.59. The number of anilines is 1. The Bertz CT molecular complexity index is 652. The van der Waals surface area contributed by atoms with Crippen molar-refractivity contribution in [3.63, 3.8) is 0 Å². The molecule has 0 spiro atoms. The molecule has 1 saturated carbocycles. The van der Waals surface area contributed by atoms with E-state index in [9.17, 15) is 19.7 Å². The number of thiazole rings is 1. The van der Waals surface area contributed by atoms with E-state index < -0.39 is 16.9 Å². The van der Waals surface area contributed by atoms with Gasteiger partial charge in [-0.3, -0.25) is 19.7 Å². The molecule has 112 valence electrons. The van der Waals surface area contributed by atoms with Crippen molar-refractivity contribution in [1.29, 1.82) is 0 Å². The van der Waals surface area contributed by atoms with Crippen LogP contribution in [-0.2, 0) is 11.2 Å². The first kappa shape index (κ1) is 14.1. The van der Waals surface area contributed by atoms with Gasteiger partial charge in [0.25, 0.3) is 0 Å². The van der Waals surface area contributed by atoms with Gasteiger partial charge in [0, 0.05) is 17.8 Å². The number of carbonyl (C=O) groups excluding carboxylic acids is 2. The van der Waals surface area contributed by atoms with Crippen molar-refractivity contribution in [2.75, 3.05) is 5.32 Å². The molecule has 21 heavy (non-hydrogen) atoms. The van der Waals surface area contributed by atoms with Crippen molar-refractivity contribution in [3.05, 3.63) is 20.7 Å². The number of hydrogen-bond donors (Lipinski definition) is 1. The second kappa shape index (κ2) is 4.59. The summed E-state index contributed by atoms with van der Waals surface area (Å²) in [5.41, 5.74) is 0.602. The monoisotopic (exact) mass is 309 g/mol. The maximum Gasteiger partial charge on any atom is 0.236 e. The van der Waals surface area contributed by atoms with Crippen LogP contribution in [0.25, 0.3) is 0 Å². The van der Waals surface area contributed by atoms with Gasteiger partial charge >= 0.3 is 0 Å². The summed E-state index contributed by atoms with van der Waals surface area (Å²) in [5, 5.41) is 13.5. The van der Waals surface area contributed by atoms with E-state index in [0.717, 1.165) is 17.0 Å². The molecule has 1 aromatic heterocycles. The number of fused-ring (bicyclic) bond motifs is 1. The van der Waals surface area contributed by atoms with Gasteiger partial charge in [-0.05, 0) is 11.8 Å². The van der Waals surface area contributed by atoms with Gasteiger partial charge in [-0.25, -0.2) is 4.98 Å². The molecule has 1 fully saturated rings. The van der Waals surface area contributed by atoms with Gasteiger partial charge in [-0.15, -0.1) is 0 Å². The average molecular weight is 309 g/mol. The van der Waals surface area contributed by atoms with Gasteiger partial charge in [0.1, 0.15) is 5.92 Å². The number of rotatable bonds is 3. The summed E-state index contributed by atoms with van der Waals surface area (Å²) in [7, 11) is 0. The van der Waals surface area contributed by atoms with Crippen LogP contribution in [0, 0.1) is 21.4 Å². The summed E-state index contributed by atoms with van der Waals surface area (Å²) in [4.78, 5) is 39.0. The molecule has 0 aromatic carbocycles. The molecule has 0 unspecified atom stereocenters. The van der Waals surface area contributed by atoms with E-state index in [1.165, 1.54) is 0 Å². The molecule has 1 amide bonds. The highest BCUT2D eigenvalue weighted by molar-refractivity contribution is 7.17. The number of Topliss-reactive ketones (excluding diaryl/α,β-unsaturated/α-hetero) is 1. The van der Waals surface area contributed by atoms with E-state index in [4.69, 9.17) is 0 Å². The molecule has 0 bridgehead atoms. The quantitative estimate of drug-likeness (QED) is 0.678. The van der Waals surface area contributed by atoms with E-state index in [1.807, 2.05) is 13.8 Å². The van der Waals surface area contributed by atoms with E-state index in [1.54, 1.807) is 0 Å². The Hall–Kier alpha value is -1.83. The van der Waals surface area contributed by atoms with Crippen LogP contribution in [0.1, 0.15) is 42.1 Å². The van der Waals surface area contributed by atoms with Gasteiger partial charge in [0.15, 0.2) is 10.9 Å². The summed E-state index contributed by atoms with van der Waals surface area (Å²) in [5.74, 6) is -0.906. The molecule has 8 heteroatoms. The van der Waals surface area contributed by atoms with Crippen LogP contribution < -0.4 is 5.32 Å². The minimum Gasteiger partial charge on any atom is -0.301 e. The Morgan fingerprint density at radius 2 is 2.19 bits per heavy atom. The fraction of sp³-hybridized carbons (Fsp3) is 0.615. The smallest absolute Gasteiger partial charge is 0.236 e. The SMILES string of the molecule is CC1(C)CC(=O)c2sc(NC(=O)[C@H]3C[C@H]3[N+](=O)[O-])nc2C1. The zero-order valence-corrected chi connectivity index (χ0v) is 12.5. The van der Waals surface area contributed by atoms with E-state index in [0.29, 0.717) is 22.9 Å². The van der Waals surface area contributed by atoms with Crippen LogP contribution in [0.5, 0.6) is 0 Å². The molecule has 0 radical (unpaired) electrons. The van der Waals surface area contributed by atoms with Crippen molar-refractivity contribution < 1.29 is 14.5 Å². The molecule has 2 aliphatic rings. The van der Waals surface area contributed by atoms with Crippen molar-refractivity contribution in [2.45, 2.75) is 39.2 Å². The highest BCUT2D eigenvalue weighted by Gasteiger charge is 2.53. The fourth-order valence-electron chi connectivity index (χ4n) is 2.67. The Labute approximate surface area is 124 Å². The third kappa shape index (κ3) is 2.67. The lowest BCUT2D eigenvalue weighted by Gasteiger charge is -2.26. The van der Waals surface area contributed by atoms with Crippen LogP contribution in [0.4, 0.5) is 5.13 Å². The van der Waals surface area contributed by atoms with Crippen LogP contribution in [0.3, 0.4) is 0 Å². The summed E-state index contributed by atoms with van der Waals surface area (Å²) < 4.78 is 0. The zero-order valence-electron chi connectivity index (χ0n) is 11.7. The molecule has 0 aliphatic heterocycles. The van der Waals surface area contributed by atoms with Gasteiger partial charge in [0.05, 0.1) is 10.6 Å². The van der Waals surface area contributed by atoms with Crippen LogP contribution in [-0.4, -0.2) is 27.6 Å². The minimum absolute atomic E-state index is 0.0499. The minimum atomic E-state index is -0.778. The van der Waals surface area contributed by atoms with Crippen molar-refractivity contribution in [3.8, 4) is 0 Å². The molecular formula is C13H15N3O4S. The number of nitrogens with zero attached hydrogens (tertiary/aromatic N) is 2. The summed E-state index contributed by atoms with van der Waals surface area (Å²) in [6.07, 6.45) is 1.44. The Morgan fingerprint density at radius 1 is 1.48 bits per heavy atom. The lowest BCUT2D eigenvalue weighted by Crippen LogP contribution is -2.26. The molecule has 2 aliphatic carbocycles. The lowest BCUT2D eigenvalue weighted by atomic mass is 9.78. The average Bonchev–Trinajstić information content (AvgIpc) is 3.05. The summed E-state index contributed by atoms with van der Waals surface area (Å²) in [6, 6.07) is -0.778. The maximum absolute atomic E-state index is 12.1. The summed E-state index contributed by atoms with van der Waals surface area (Å²) >= 11 is 1.16. The van der Waals surface area contributed by atoms with Gasteiger partial charge in [-0.2, -0.15) is 0 Å². The number of carbonyl (C=O) groups is 2. The van der Waals surface area contributed by atoms with Crippen LogP contribution >= 0.6 is 11.3 Å². The molecule has 0 saturated heterocycles. The van der Waals surface area contributed by atoms with Crippen molar-refractivity contribution in [1.82, 2.24) is 4.98 Å². The first-order valence-corrected chi connectivity index (χ1v) is 7.56. The second-order valence-corrected chi connectivity index (χ2v) is 7.42. The normalized spacial score (nSPS) is 26.1. The maximum atomic E-state index is 12.1. The molecule has 1 N–H and O–H groups in total. The summed E-state index contributed by atoms with van der Waals surface area (Å²) in [6.45, 7) is 4.02. The standard InChI is InChI=1S/C13H15N3O4S/c1-13(2)4-7-10(9(17)5-13)21-12(14-7)15-11(18)6-3-8(6)16(19)20/h6,8H,3-5H2,1-2H3,(H,14,15,18)/t6-,8+/m0/s1. The predicted molar refractivity (Wildman–Crippen MR) is 76.1 cm³/mol. The van der Waals surface area contributed by atoms with Gasteiger partial charge in [0.2, 0.25) is 11.9 Å². The number of hydrogen-bond acceptors (Lipinski definition) is 6.